The van der Waals surface area contributed by atoms with E-state index in [2.05, 4.69) is 73.0 Å². The predicted octanol–water partition coefficient (Wildman–Crippen LogP) is 4.10. The Morgan fingerprint density at radius 3 is 1.65 bits per heavy atom. The Labute approximate surface area is 394 Å². The third kappa shape index (κ3) is 16.2. The van der Waals surface area contributed by atoms with E-state index in [0.29, 0.717) is 25.9 Å². The second kappa shape index (κ2) is 26.9. The molecule has 22 heteroatoms. The summed E-state index contributed by atoms with van der Waals surface area (Å²) >= 11 is 0. The number of nitrogens with zero attached hydrogens (tertiary/aromatic N) is 4. The van der Waals surface area contributed by atoms with Gasteiger partial charge in [-0.25, -0.2) is 27.6 Å². The summed E-state index contributed by atoms with van der Waals surface area (Å²) in [6.07, 6.45) is 19.4. The minimum Gasteiger partial charge on any atom is -0.387 e. The molecule has 4 rings (SSSR count). The van der Waals surface area contributed by atoms with E-state index in [1.807, 2.05) is 14.9 Å². The van der Waals surface area contributed by atoms with E-state index in [-0.39, 0.29) is 19.0 Å². The molecular weight excluding hydrogens is 912 g/mol. The van der Waals surface area contributed by atoms with E-state index in [4.69, 9.17) is 18.5 Å². The summed E-state index contributed by atoms with van der Waals surface area (Å²) in [6, 6.07) is 1.93. The van der Waals surface area contributed by atoms with Gasteiger partial charge in [-0.15, -0.1) is 0 Å². The van der Waals surface area contributed by atoms with Crippen LogP contribution in [0, 0.1) is 0 Å². The number of carbonyl (C=O) groups excluding carboxylic acids is 1. The number of amides is 1. The van der Waals surface area contributed by atoms with Crippen LogP contribution in [0.2, 0.25) is 0 Å². The monoisotopic (exact) mass is 979 g/mol. The molecule has 68 heavy (non-hydrogen) atoms. The number of aromatic nitrogens is 4. The van der Waals surface area contributed by atoms with Crippen LogP contribution >= 0.6 is 7.75 Å². The number of likely N-dealkylation sites (N-methyl/N-ethyl adjacent to an activating group) is 2. The molecule has 2 saturated heterocycles. The lowest BCUT2D eigenvalue weighted by Gasteiger charge is -2.30. The highest BCUT2D eigenvalue weighted by Gasteiger charge is 2.57. The molecule has 0 unspecified atom stereocenters. The van der Waals surface area contributed by atoms with Crippen LogP contribution < -0.4 is 27.8 Å². The maximum atomic E-state index is 16.0. The van der Waals surface area contributed by atoms with Gasteiger partial charge < -0.3 is 29.9 Å². The number of carbonyl (C=O) groups is 1. The molecule has 4 heterocycles. The molecule has 0 spiro atoms. The molecule has 2 fully saturated rings. The van der Waals surface area contributed by atoms with Crippen molar-refractivity contribution in [2.45, 2.75) is 120 Å². The first kappa shape index (κ1) is 55.9. The number of hydrogen-bond acceptors (Lipinski definition) is 13. The zero-order chi connectivity index (χ0) is 49.9. The van der Waals surface area contributed by atoms with Crippen molar-refractivity contribution in [3.05, 3.63) is 127 Å². The quantitative estimate of drug-likeness (QED) is 0.0459. The number of rotatable bonds is 28. The van der Waals surface area contributed by atoms with Crippen molar-refractivity contribution < 1.29 is 46.9 Å². The van der Waals surface area contributed by atoms with Gasteiger partial charge in [0.25, 0.3) is 11.1 Å². The number of aliphatic hydroxyl groups is 2. The van der Waals surface area contributed by atoms with Crippen LogP contribution in [-0.4, -0.2) is 134 Å². The van der Waals surface area contributed by atoms with Crippen LogP contribution in [0.3, 0.4) is 0 Å². The molecule has 0 bridgehead atoms. The van der Waals surface area contributed by atoms with E-state index in [1.165, 1.54) is 11.7 Å². The zero-order valence-corrected chi connectivity index (χ0v) is 40.3. The van der Waals surface area contributed by atoms with Crippen LogP contribution in [0.5, 0.6) is 0 Å². The van der Waals surface area contributed by atoms with Crippen molar-refractivity contribution in [1.29, 1.82) is 0 Å². The van der Waals surface area contributed by atoms with Crippen molar-refractivity contribution in [2.24, 2.45) is 0 Å². The smallest absolute Gasteiger partial charge is 0.387 e. The van der Waals surface area contributed by atoms with Crippen LogP contribution in [-0.2, 0) is 27.9 Å². The fraction of sp³-hybridized carbons (Fsp3) is 0.587. The highest BCUT2D eigenvalue weighted by molar-refractivity contribution is 7.51. The van der Waals surface area contributed by atoms with Crippen molar-refractivity contribution >= 4 is 13.7 Å². The fourth-order valence-corrected chi connectivity index (χ4v) is 8.74. The Morgan fingerprint density at radius 2 is 1.21 bits per heavy atom. The lowest BCUT2D eigenvalue weighted by molar-refractivity contribution is -0.121. The van der Waals surface area contributed by atoms with Gasteiger partial charge in [0, 0.05) is 57.1 Å². The summed E-state index contributed by atoms with van der Waals surface area (Å²) in [5.74, 6) is -0.101. The standard InChI is InChI=1S/C46H68F2N7O12P/c1-6-7-8-9-10-11-12-13-14-15-16-17-18-19-20-21-22-23-36(56)49-26-29-52(4)30-31-53(5)68(63,64-32-34-39(59)45(2,47)41(66-34)54-27-24-37(57)50-43(54)61)65-33-35-40(60)46(3,48)42(67-35)55-28-25-38(58)51-44(55)62/h7-8,10-11,13-14,16-17,19-20,24-25,27-28,34-35,39-42,59-60H,6,9,12,15,18,21-23,26,29-33H2,1-5H3,(H,49,56)(H,50,57,61)(H,51,58,62)/b8-7-,11-10-,14-13-,17-16-,20-19-/t34-,35-,39-,40-,41-,42-,45-,46-/m1/s1. The number of halogens is 2. The average molecular weight is 980 g/mol. The largest absolute Gasteiger partial charge is 0.408 e. The molecule has 5 N–H and O–H groups in total. The Hall–Kier alpha value is -4.70. The first-order chi connectivity index (χ1) is 32.3. The van der Waals surface area contributed by atoms with Gasteiger partial charge >= 0.3 is 19.1 Å². The summed E-state index contributed by atoms with van der Waals surface area (Å²) in [6.45, 7) is 3.54. The first-order valence-electron chi connectivity index (χ1n) is 22.8. The van der Waals surface area contributed by atoms with Gasteiger partial charge in [0.05, 0.1) is 13.2 Å². The number of aliphatic hydroxyl groups excluding tert-OH is 2. The third-order valence-electron chi connectivity index (χ3n) is 11.4. The SMILES string of the molecule is CC/C=C\C/C=C\C/C=C\C/C=C\C/C=C\CCCC(=O)NCCN(C)CCN(C)P(=O)(OC[C@H]1O[C@@H](n2ccc(=O)[nH]c2=O)[C@](C)(F)[C@@H]1O)OC[C@H]1O[C@@H](n2ccc(=O)[nH]c2=O)[C@](C)(F)[C@@H]1O. The molecule has 1 amide bonds. The fourth-order valence-electron chi connectivity index (χ4n) is 7.27. The second-order valence-corrected chi connectivity index (χ2v) is 19.1. The van der Waals surface area contributed by atoms with Gasteiger partial charge in [0.15, 0.2) is 23.8 Å². The van der Waals surface area contributed by atoms with Gasteiger partial charge in [-0.2, -0.15) is 0 Å². The number of H-pyrrole nitrogens is 2. The maximum absolute atomic E-state index is 16.0. The highest BCUT2D eigenvalue weighted by atomic mass is 31.2. The normalized spacial score (nSPS) is 25.8. The van der Waals surface area contributed by atoms with E-state index >= 15 is 8.78 Å². The molecular formula is C46H68F2N7O12P. The van der Waals surface area contributed by atoms with Crippen molar-refractivity contribution in [3.8, 4) is 0 Å². The Bertz CT molecular complexity index is 2250. The topological polar surface area (TPSA) is 240 Å². The molecule has 378 valence electrons. The number of allylic oxidation sites excluding steroid dienone is 10. The van der Waals surface area contributed by atoms with Crippen molar-refractivity contribution in [1.82, 2.24) is 34.0 Å². The molecule has 8 atom stereocenters. The second-order valence-electron chi connectivity index (χ2n) is 17.0. The minimum atomic E-state index is -4.54. The summed E-state index contributed by atoms with van der Waals surface area (Å²) in [4.78, 5) is 66.6. The van der Waals surface area contributed by atoms with Crippen molar-refractivity contribution in [3.63, 3.8) is 0 Å². The molecule has 0 aromatic carbocycles. The lowest BCUT2D eigenvalue weighted by Crippen LogP contribution is -2.44. The number of alkyl halides is 2. The molecule has 2 aromatic heterocycles. The van der Waals surface area contributed by atoms with Gasteiger partial charge in [-0.3, -0.25) is 42.5 Å². The molecule has 0 aliphatic carbocycles. The van der Waals surface area contributed by atoms with Gasteiger partial charge in [0.2, 0.25) is 5.91 Å². The number of nitrogens with one attached hydrogen (secondary N) is 3. The Kier molecular flexibility index (Phi) is 22.1. The van der Waals surface area contributed by atoms with Gasteiger partial charge in [-0.1, -0.05) is 67.7 Å². The summed E-state index contributed by atoms with van der Waals surface area (Å²) in [5, 5.41) is 24.8. The molecule has 19 nitrogen and oxygen atoms in total. The van der Waals surface area contributed by atoms with E-state index in [9.17, 15) is 38.8 Å². The number of ether oxygens (including phenoxy) is 2. The number of aromatic amines is 2. The van der Waals surface area contributed by atoms with Gasteiger partial charge in [0.1, 0.15) is 24.4 Å². The third-order valence-corrected chi connectivity index (χ3v) is 13.4. The first-order valence-corrected chi connectivity index (χ1v) is 24.3. The molecule has 2 aliphatic rings. The maximum Gasteiger partial charge on any atom is 0.408 e. The zero-order valence-electron chi connectivity index (χ0n) is 39.4. The van der Waals surface area contributed by atoms with E-state index in [1.54, 1.807) is 7.05 Å². The Morgan fingerprint density at radius 1 is 0.765 bits per heavy atom. The molecule has 0 radical (unpaired) electrons. The summed E-state index contributed by atoms with van der Waals surface area (Å²) in [7, 11) is -1.39. The minimum absolute atomic E-state index is 0.00355. The predicted molar refractivity (Wildman–Crippen MR) is 252 cm³/mol. The lowest BCUT2D eigenvalue weighted by atomic mass is 9.98. The number of unbranched alkanes of at least 4 members (excludes halogenated alkanes) is 1. The summed E-state index contributed by atoms with van der Waals surface area (Å²) in [5.41, 5.74) is -8.72. The molecule has 0 saturated carbocycles. The van der Waals surface area contributed by atoms with Crippen LogP contribution in [0.4, 0.5) is 8.78 Å². The molecule has 2 aromatic rings. The van der Waals surface area contributed by atoms with Crippen LogP contribution in [0.25, 0.3) is 0 Å². The molecule has 2 aliphatic heterocycles. The van der Waals surface area contributed by atoms with Crippen molar-refractivity contribution in [2.75, 3.05) is 53.5 Å². The number of hydrogen-bond donors (Lipinski definition) is 5. The van der Waals surface area contributed by atoms with Crippen LogP contribution in [0.1, 0.15) is 84.6 Å². The van der Waals surface area contributed by atoms with Crippen LogP contribution in [0.15, 0.2) is 104 Å². The Balaban J connectivity index is 1.28. The van der Waals surface area contributed by atoms with E-state index < -0.39 is 91.7 Å². The summed E-state index contributed by atoms with van der Waals surface area (Å²) < 4.78 is 72.1. The van der Waals surface area contributed by atoms with Gasteiger partial charge in [-0.05, 0) is 72.9 Å². The average Bonchev–Trinajstić information content (AvgIpc) is 3.65. The van der Waals surface area contributed by atoms with E-state index in [0.717, 1.165) is 86.0 Å². The highest BCUT2D eigenvalue weighted by Crippen LogP contribution is 2.53.